The third-order valence-corrected chi connectivity index (χ3v) is 5.45. The van der Waals surface area contributed by atoms with Crippen molar-refractivity contribution in [1.29, 1.82) is 0 Å². The zero-order valence-electron chi connectivity index (χ0n) is 16.2. The number of halogens is 1. The number of amides is 4. The van der Waals surface area contributed by atoms with E-state index in [9.17, 15) is 18.8 Å². The highest BCUT2D eigenvalue weighted by Gasteiger charge is 2.37. The molecule has 3 heterocycles. The summed E-state index contributed by atoms with van der Waals surface area (Å²) in [6, 6.07) is 14.7. The van der Waals surface area contributed by atoms with Crippen molar-refractivity contribution < 1.29 is 23.2 Å². The van der Waals surface area contributed by atoms with Crippen molar-refractivity contribution in [1.82, 2.24) is 15.3 Å². The average molecular weight is 448 g/mol. The van der Waals surface area contributed by atoms with Gasteiger partial charge >= 0.3 is 6.03 Å². The lowest BCUT2D eigenvalue weighted by molar-refractivity contribution is -0.122. The molecule has 2 aromatic heterocycles. The fourth-order valence-corrected chi connectivity index (χ4v) is 3.93. The molecule has 2 aromatic carbocycles. The number of benzene rings is 2. The number of H-pyrrole nitrogens is 1. The van der Waals surface area contributed by atoms with Gasteiger partial charge in [0.25, 0.3) is 11.8 Å². The lowest BCUT2D eigenvalue weighted by Crippen LogP contribution is -2.54. The Morgan fingerprint density at radius 1 is 1.00 bits per heavy atom. The molecule has 0 saturated carbocycles. The van der Waals surface area contributed by atoms with Crippen LogP contribution >= 0.6 is 11.8 Å². The second-order valence-electron chi connectivity index (χ2n) is 6.75. The summed E-state index contributed by atoms with van der Waals surface area (Å²) in [6.45, 7) is 0. The van der Waals surface area contributed by atoms with Crippen molar-refractivity contribution in [2.75, 3.05) is 4.90 Å². The summed E-state index contributed by atoms with van der Waals surface area (Å²) < 4.78 is 18.9. The third-order valence-electron chi connectivity index (χ3n) is 4.64. The minimum Gasteiger partial charge on any atom is -0.450 e. The van der Waals surface area contributed by atoms with E-state index in [2.05, 4.69) is 15.3 Å². The van der Waals surface area contributed by atoms with Gasteiger partial charge in [-0.25, -0.2) is 19.1 Å². The Balaban J connectivity index is 1.40. The Hall–Kier alpha value is -4.18. The number of carbonyl (C=O) groups excluding carboxylic acids is 3. The van der Waals surface area contributed by atoms with E-state index in [0.29, 0.717) is 10.2 Å². The van der Waals surface area contributed by atoms with E-state index in [-0.39, 0.29) is 17.0 Å². The maximum atomic E-state index is 13.2. The molecule has 10 heteroatoms. The summed E-state index contributed by atoms with van der Waals surface area (Å²) in [7, 11) is 0. The molecule has 0 aliphatic carbocycles. The quantitative estimate of drug-likeness (QED) is 0.359. The minimum absolute atomic E-state index is 0.132. The molecule has 0 spiro atoms. The first-order valence-corrected chi connectivity index (χ1v) is 10.2. The Bertz CT molecular complexity index is 1370. The van der Waals surface area contributed by atoms with E-state index in [4.69, 9.17) is 4.42 Å². The first-order chi connectivity index (χ1) is 15.5. The summed E-state index contributed by atoms with van der Waals surface area (Å²) in [5.74, 6) is -1.96. The fraction of sp³-hybridized carbons (Fsp3) is 0. The van der Waals surface area contributed by atoms with Gasteiger partial charge in [0.2, 0.25) is 0 Å². The molecule has 0 unspecified atom stereocenters. The van der Waals surface area contributed by atoms with Gasteiger partial charge in [0.05, 0.1) is 16.7 Å². The summed E-state index contributed by atoms with van der Waals surface area (Å²) in [6.07, 6.45) is 1.25. The van der Waals surface area contributed by atoms with Crippen LogP contribution in [0.1, 0.15) is 5.76 Å². The molecular weight excluding hydrogens is 435 g/mol. The standard InChI is InChI=1S/C22H13FN4O4S/c23-12-5-7-13(8-6-12)27-20(29)15(19(28)26-22(27)30)11-14-9-10-18(31-14)32-21-24-16-3-1-2-4-17(16)25-21/h1-11H,(H,24,25)(H,26,28,30)/b15-11+. The number of hydrogen-bond acceptors (Lipinski definition) is 6. The molecule has 4 amide bonds. The lowest BCUT2D eigenvalue weighted by Gasteiger charge is -2.26. The molecule has 0 radical (unpaired) electrons. The normalized spacial score (nSPS) is 15.6. The molecule has 1 aliphatic rings. The van der Waals surface area contributed by atoms with Gasteiger partial charge in [0, 0.05) is 0 Å². The summed E-state index contributed by atoms with van der Waals surface area (Å²) in [4.78, 5) is 45.7. The van der Waals surface area contributed by atoms with Crippen molar-refractivity contribution in [3.05, 3.63) is 77.8 Å². The molecule has 4 aromatic rings. The van der Waals surface area contributed by atoms with Crippen molar-refractivity contribution in [2.24, 2.45) is 0 Å². The number of nitrogens with zero attached hydrogens (tertiary/aromatic N) is 2. The number of barbiturate groups is 1. The van der Waals surface area contributed by atoms with Gasteiger partial charge in [-0.15, -0.1) is 0 Å². The zero-order chi connectivity index (χ0) is 22.2. The number of nitrogens with one attached hydrogen (secondary N) is 2. The van der Waals surface area contributed by atoms with Crippen molar-refractivity contribution >= 4 is 52.4 Å². The van der Waals surface area contributed by atoms with E-state index in [1.54, 1.807) is 12.1 Å². The molecule has 1 saturated heterocycles. The maximum absolute atomic E-state index is 13.2. The Labute approximate surface area is 184 Å². The number of aromatic nitrogens is 2. The van der Waals surface area contributed by atoms with Crippen LogP contribution in [-0.4, -0.2) is 27.8 Å². The minimum atomic E-state index is -0.913. The largest absolute Gasteiger partial charge is 0.450 e. The number of carbonyl (C=O) groups is 3. The number of rotatable bonds is 4. The summed E-state index contributed by atoms with van der Waals surface area (Å²) >= 11 is 1.25. The third kappa shape index (κ3) is 3.67. The van der Waals surface area contributed by atoms with Gasteiger partial charge in [0.1, 0.15) is 17.2 Å². The number of urea groups is 1. The summed E-state index contributed by atoms with van der Waals surface area (Å²) in [5, 5.41) is 3.22. The van der Waals surface area contributed by atoms with E-state index in [0.717, 1.165) is 28.1 Å². The van der Waals surface area contributed by atoms with Crippen LogP contribution in [0.4, 0.5) is 14.9 Å². The van der Waals surface area contributed by atoms with E-state index in [1.807, 2.05) is 24.3 Å². The Kier molecular flexibility index (Phi) is 4.83. The number of imidazole rings is 1. The van der Waals surface area contributed by atoms with Crippen LogP contribution in [0, 0.1) is 5.82 Å². The number of aromatic amines is 1. The van der Waals surface area contributed by atoms with Gasteiger partial charge in [-0.3, -0.25) is 14.9 Å². The molecule has 1 aliphatic heterocycles. The molecule has 0 atom stereocenters. The predicted octanol–water partition coefficient (Wildman–Crippen LogP) is 4.11. The molecular formula is C22H13FN4O4S. The number of fused-ring (bicyclic) bond motifs is 1. The molecule has 158 valence electrons. The molecule has 8 nitrogen and oxygen atoms in total. The number of hydrogen-bond donors (Lipinski definition) is 2. The highest BCUT2D eigenvalue weighted by Crippen LogP contribution is 2.30. The first-order valence-electron chi connectivity index (χ1n) is 9.37. The second kappa shape index (κ2) is 7.82. The maximum Gasteiger partial charge on any atom is 0.335 e. The van der Waals surface area contributed by atoms with Crippen LogP contribution in [0.2, 0.25) is 0 Å². The van der Waals surface area contributed by atoms with Crippen LogP contribution in [0.3, 0.4) is 0 Å². The van der Waals surface area contributed by atoms with Gasteiger partial charge < -0.3 is 9.40 Å². The molecule has 32 heavy (non-hydrogen) atoms. The zero-order valence-corrected chi connectivity index (χ0v) is 17.0. The first kappa shape index (κ1) is 19.8. The average Bonchev–Trinajstić information content (AvgIpc) is 3.38. The van der Waals surface area contributed by atoms with Gasteiger partial charge in [-0.1, -0.05) is 12.1 Å². The van der Waals surface area contributed by atoms with Crippen LogP contribution in [0.5, 0.6) is 0 Å². The molecule has 1 fully saturated rings. The Morgan fingerprint density at radius 2 is 1.78 bits per heavy atom. The fourth-order valence-electron chi connectivity index (χ4n) is 3.16. The molecule has 5 rings (SSSR count). The van der Waals surface area contributed by atoms with Crippen LogP contribution < -0.4 is 10.2 Å². The van der Waals surface area contributed by atoms with Crippen LogP contribution in [0.25, 0.3) is 17.1 Å². The number of furan rings is 1. The lowest BCUT2D eigenvalue weighted by atomic mass is 10.1. The molecule has 2 N–H and O–H groups in total. The monoisotopic (exact) mass is 448 g/mol. The van der Waals surface area contributed by atoms with Crippen molar-refractivity contribution in [3.63, 3.8) is 0 Å². The predicted molar refractivity (Wildman–Crippen MR) is 114 cm³/mol. The van der Waals surface area contributed by atoms with Crippen molar-refractivity contribution in [2.45, 2.75) is 10.2 Å². The number of imide groups is 2. The van der Waals surface area contributed by atoms with Crippen LogP contribution in [-0.2, 0) is 9.59 Å². The SMILES string of the molecule is O=C1NC(=O)N(c2ccc(F)cc2)C(=O)/C1=C/c1ccc(Sc2nc3ccccc3[nH]2)o1. The molecule has 0 bridgehead atoms. The number of anilines is 1. The van der Waals surface area contributed by atoms with E-state index >= 15 is 0 Å². The van der Waals surface area contributed by atoms with Crippen LogP contribution in [0.15, 0.2) is 80.9 Å². The highest BCUT2D eigenvalue weighted by molar-refractivity contribution is 7.99. The summed E-state index contributed by atoms with van der Waals surface area (Å²) in [5.41, 5.74) is 1.55. The smallest absolute Gasteiger partial charge is 0.335 e. The van der Waals surface area contributed by atoms with Gasteiger partial charge in [0.15, 0.2) is 10.2 Å². The Morgan fingerprint density at radius 3 is 2.56 bits per heavy atom. The van der Waals surface area contributed by atoms with Crippen molar-refractivity contribution in [3.8, 4) is 0 Å². The second-order valence-corrected chi connectivity index (χ2v) is 7.75. The topological polar surface area (TPSA) is 108 Å². The van der Waals surface area contributed by atoms with Gasteiger partial charge in [-0.2, -0.15) is 0 Å². The van der Waals surface area contributed by atoms with E-state index in [1.165, 1.54) is 30.0 Å². The number of para-hydroxylation sites is 2. The highest BCUT2D eigenvalue weighted by atomic mass is 32.2. The van der Waals surface area contributed by atoms with Gasteiger partial charge in [-0.05, 0) is 66.4 Å². The van der Waals surface area contributed by atoms with E-state index < -0.39 is 23.7 Å².